The highest BCUT2D eigenvalue weighted by molar-refractivity contribution is 5.98. The van der Waals surface area contributed by atoms with Crippen LogP contribution in [0.2, 0.25) is 0 Å². The van der Waals surface area contributed by atoms with E-state index < -0.39 is 0 Å². The van der Waals surface area contributed by atoms with Crippen molar-refractivity contribution >= 4 is 22.3 Å². The SMILES string of the molecule is Nc1ccc(N2CCC3(CCCC3)CC2)c2ncccc12. The summed E-state index contributed by atoms with van der Waals surface area (Å²) in [5.74, 6) is 0. The Morgan fingerprint density at radius 2 is 1.76 bits per heavy atom. The van der Waals surface area contributed by atoms with Gasteiger partial charge in [-0.05, 0) is 55.4 Å². The number of nitrogens with two attached hydrogens (primary N) is 1. The zero-order chi connectivity index (χ0) is 14.3. The van der Waals surface area contributed by atoms with Crippen LogP contribution in [0.25, 0.3) is 10.9 Å². The van der Waals surface area contributed by atoms with Crippen molar-refractivity contribution in [1.29, 1.82) is 0 Å². The van der Waals surface area contributed by atoms with Gasteiger partial charge in [-0.2, -0.15) is 0 Å². The lowest BCUT2D eigenvalue weighted by atomic mass is 9.77. The second-order valence-electron chi connectivity index (χ2n) is 6.77. The molecule has 1 aliphatic heterocycles. The fraction of sp³-hybridized carbons (Fsp3) is 0.500. The van der Waals surface area contributed by atoms with E-state index in [0.29, 0.717) is 5.41 Å². The van der Waals surface area contributed by atoms with E-state index >= 15 is 0 Å². The molecule has 2 fully saturated rings. The van der Waals surface area contributed by atoms with Gasteiger partial charge in [0.25, 0.3) is 0 Å². The maximum Gasteiger partial charge on any atom is 0.0955 e. The second kappa shape index (κ2) is 4.90. The van der Waals surface area contributed by atoms with E-state index in [1.807, 2.05) is 18.3 Å². The molecule has 1 aromatic carbocycles. The summed E-state index contributed by atoms with van der Waals surface area (Å²) in [6.07, 6.45) is 10.3. The maximum atomic E-state index is 6.09. The highest BCUT2D eigenvalue weighted by Crippen LogP contribution is 2.47. The van der Waals surface area contributed by atoms with E-state index in [9.17, 15) is 0 Å². The molecule has 2 heterocycles. The monoisotopic (exact) mass is 281 g/mol. The fourth-order valence-electron chi connectivity index (χ4n) is 4.28. The van der Waals surface area contributed by atoms with Crippen molar-refractivity contribution in [2.45, 2.75) is 38.5 Å². The molecule has 4 rings (SSSR count). The molecule has 1 saturated heterocycles. The summed E-state index contributed by atoms with van der Waals surface area (Å²) in [4.78, 5) is 7.10. The molecule has 2 N–H and O–H groups in total. The number of anilines is 2. The van der Waals surface area contributed by atoms with Gasteiger partial charge in [-0.25, -0.2) is 0 Å². The molecule has 0 bridgehead atoms. The Hall–Kier alpha value is -1.77. The number of hydrogen-bond acceptors (Lipinski definition) is 3. The van der Waals surface area contributed by atoms with Crippen molar-refractivity contribution in [1.82, 2.24) is 4.98 Å². The van der Waals surface area contributed by atoms with Crippen molar-refractivity contribution in [2.75, 3.05) is 23.7 Å². The summed E-state index contributed by atoms with van der Waals surface area (Å²) in [7, 11) is 0. The number of nitrogen functional groups attached to an aromatic ring is 1. The zero-order valence-corrected chi connectivity index (χ0v) is 12.5. The highest BCUT2D eigenvalue weighted by atomic mass is 15.1. The largest absolute Gasteiger partial charge is 0.398 e. The third-order valence-corrected chi connectivity index (χ3v) is 5.61. The van der Waals surface area contributed by atoms with Crippen LogP contribution in [0.5, 0.6) is 0 Å². The van der Waals surface area contributed by atoms with Crippen molar-refractivity contribution in [3.8, 4) is 0 Å². The van der Waals surface area contributed by atoms with E-state index in [1.165, 1.54) is 44.2 Å². The van der Waals surface area contributed by atoms with Crippen LogP contribution in [0.15, 0.2) is 30.5 Å². The summed E-state index contributed by atoms with van der Waals surface area (Å²) in [5, 5.41) is 1.08. The lowest BCUT2D eigenvalue weighted by Crippen LogP contribution is -2.39. The molecule has 1 aromatic heterocycles. The molecule has 0 unspecified atom stereocenters. The van der Waals surface area contributed by atoms with Crippen molar-refractivity contribution in [3.05, 3.63) is 30.5 Å². The van der Waals surface area contributed by atoms with E-state index in [0.717, 1.165) is 29.7 Å². The number of rotatable bonds is 1. The van der Waals surface area contributed by atoms with E-state index in [4.69, 9.17) is 5.73 Å². The highest BCUT2D eigenvalue weighted by Gasteiger charge is 2.37. The molecule has 3 heteroatoms. The smallest absolute Gasteiger partial charge is 0.0955 e. The second-order valence-corrected chi connectivity index (χ2v) is 6.77. The van der Waals surface area contributed by atoms with Crippen LogP contribution in [0.4, 0.5) is 11.4 Å². The third kappa shape index (κ3) is 2.15. The van der Waals surface area contributed by atoms with Gasteiger partial charge in [0.05, 0.1) is 11.2 Å². The standard InChI is InChI=1S/C18H23N3/c19-15-5-6-16(17-14(15)4-3-11-20-17)21-12-9-18(10-13-21)7-1-2-8-18/h3-6,11H,1-2,7-10,12-13,19H2. The van der Waals surface area contributed by atoms with Crippen LogP contribution in [0, 0.1) is 5.41 Å². The minimum absolute atomic E-state index is 0.660. The number of piperidine rings is 1. The van der Waals surface area contributed by atoms with Gasteiger partial charge in [-0.15, -0.1) is 0 Å². The van der Waals surface area contributed by atoms with Crippen molar-refractivity contribution in [3.63, 3.8) is 0 Å². The Bertz CT molecular complexity index is 649. The molecule has 3 nitrogen and oxygen atoms in total. The normalized spacial score (nSPS) is 21.2. The first kappa shape index (κ1) is 12.9. The zero-order valence-electron chi connectivity index (χ0n) is 12.5. The molecule has 1 spiro atoms. The van der Waals surface area contributed by atoms with E-state index in [1.54, 1.807) is 0 Å². The van der Waals surface area contributed by atoms with E-state index in [2.05, 4.69) is 22.0 Å². The molecular weight excluding hydrogens is 258 g/mol. The van der Waals surface area contributed by atoms with Gasteiger partial charge in [0.1, 0.15) is 0 Å². The molecule has 0 radical (unpaired) electrons. The number of pyridine rings is 1. The van der Waals surface area contributed by atoms with Crippen LogP contribution in [0.3, 0.4) is 0 Å². The van der Waals surface area contributed by atoms with Crippen LogP contribution < -0.4 is 10.6 Å². The molecule has 110 valence electrons. The summed E-state index contributed by atoms with van der Waals surface area (Å²) in [5.41, 5.74) is 9.89. The van der Waals surface area contributed by atoms with Crippen molar-refractivity contribution in [2.24, 2.45) is 5.41 Å². The minimum atomic E-state index is 0.660. The summed E-state index contributed by atoms with van der Waals surface area (Å²) >= 11 is 0. The number of hydrogen-bond donors (Lipinski definition) is 1. The van der Waals surface area contributed by atoms with E-state index in [-0.39, 0.29) is 0 Å². The number of benzene rings is 1. The maximum absolute atomic E-state index is 6.09. The summed E-state index contributed by atoms with van der Waals surface area (Å²) in [6, 6.07) is 8.21. The Morgan fingerprint density at radius 3 is 2.52 bits per heavy atom. The van der Waals surface area contributed by atoms with Crippen LogP contribution in [0.1, 0.15) is 38.5 Å². The number of aromatic nitrogens is 1. The molecule has 0 atom stereocenters. The first-order valence-electron chi connectivity index (χ1n) is 8.16. The number of fused-ring (bicyclic) bond motifs is 1. The van der Waals surface area contributed by atoms with Gasteiger partial charge in [-0.1, -0.05) is 12.8 Å². The Kier molecular flexibility index (Phi) is 3.02. The van der Waals surface area contributed by atoms with Gasteiger partial charge in [-0.3, -0.25) is 4.98 Å². The molecule has 2 aromatic rings. The average molecular weight is 281 g/mol. The predicted octanol–water partition coefficient (Wildman–Crippen LogP) is 3.98. The Balaban J connectivity index is 1.64. The Labute approximate surface area is 126 Å². The van der Waals surface area contributed by atoms with Gasteiger partial charge in [0, 0.05) is 30.4 Å². The predicted molar refractivity (Wildman–Crippen MR) is 88.5 cm³/mol. The van der Waals surface area contributed by atoms with Crippen LogP contribution in [-0.2, 0) is 0 Å². The number of nitrogens with zero attached hydrogens (tertiary/aromatic N) is 2. The molecule has 21 heavy (non-hydrogen) atoms. The molecular formula is C18H23N3. The molecule has 0 amide bonds. The van der Waals surface area contributed by atoms with Gasteiger partial charge in [0.2, 0.25) is 0 Å². The molecule has 2 aliphatic rings. The average Bonchev–Trinajstić information content (AvgIpc) is 2.98. The molecule has 1 saturated carbocycles. The van der Waals surface area contributed by atoms with Gasteiger partial charge in [0.15, 0.2) is 0 Å². The quantitative estimate of drug-likeness (QED) is 0.804. The van der Waals surface area contributed by atoms with Gasteiger partial charge >= 0.3 is 0 Å². The first-order chi connectivity index (χ1) is 10.3. The lowest BCUT2D eigenvalue weighted by molar-refractivity contribution is 0.227. The first-order valence-corrected chi connectivity index (χ1v) is 8.16. The van der Waals surface area contributed by atoms with Gasteiger partial charge < -0.3 is 10.6 Å². The lowest BCUT2D eigenvalue weighted by Gasteiger charge is -2.40. The summed E-state index contributed by atoms with van der Waals surface area (Å²) in [6.45, 7) is 2.32. The Morgan fingerprint density at radius 1 is 1.00 bits per heavy atom. The van der Waals surface area contributed by atoms with Crippen LogP contribution in [-0.4, -0.2) is 18.1 Å². The van der Waals surface area contributed by atoms with Crippen molar-refractivity contribution < 1.29 is 0 Å². The molecule has 1 aliphatic carbocycles. The van der Waals surface area contributed by atoms with Crippen LogP contribution >= 0.6 is 0 Å². The fourth-order valence-corrected chi connectivity index (χ4v) is 4.28. The topological polar surface area (TPSA) is 42.1 Å². The minimum Gasteiger partial charge on any atom is -0.398 e. The summed E-state index contributed by atoms with van der Waals surface area (Å²) < 4.78 is 0. The third-order valence-electron chi connectivity index (χ3n) is 5.61.